The van der Waals surface area contributed by atoms with Gasteiger partial charge in [0.15, 0.2) is 0 Å². The van der Waals surface area contributed by atoms with Crippen LogP contribution in [0.4, 0.5) is 0 Å². The molecular weight excluding hydrogens is 361 g/mol. The summed E-state index contributed by atoms with van der Waals surface area (Å²) in [6.07, 6.45) is 5.42. The molecule has 1 saturated carbocycles. The van der Waals surface area contributed by atoms with Crippen molar-refractivity contribution in [2.24, 2.45) is 5.92 Å². The van der Waals surface area contributed by atoms with E-state index in [0.717, 1.165) is 31.2 Å². The first-order valence-electron chi connectivity index (χ1n) is 9.96. The average Bonchev–Trinajstić information content (AvgIpc) is 2.81. The second-order valence-electron chi connectivity index (χ2n) is 8.98. The van der Waals surface area contributed by atoms with Crippen LogP contribution in [-0.4, -0.2) is 32.7 Å². The zero-order chi connectivity index (χ0) is 19.9. The van der Waals surface area contributed by atoms with Gasteiger partial charge in [0.05, 0.1) is 22.0 Å². The predicted octanol–water partition coefficient (Wildman–Crippen LogP) is 3.85. The van der Waals surface area contributed by atoms with Crippen LogP contribution in [0.1, 0.15) is 65.4 Å². The summed E-state index contributed by atoms with van der Waals surface area (Å²) in [6.45, 7) is 9.94. The van der Waals surface area contributed by atoms with E-state index in [9.17, 15) is 8.42 Å². The second kappa shape index (κ2) is 7.50. The molecule has 1 heterocycles. The van der Waals surface area contributed by atoms with Gasteiger partial charge in [-0.15, -0.1) is 0 Å². The van der Waals surface area contributed by atoms with E-state index in [-0.39, 0.29) is 10.8 Å². The largest absolute Gasteiger partial charge is 0.477 e. The van der Waals surface area contributed by atoms with E-state index in [1.165, 1.54) is 6.42 Å². The van der Waals surface area contributed by atoms with Crippen LogP contribution in [0.3, 0.4) is 0 Å². The molecular formula is C20H32BNO4S. The Morgan fingerprint density at radius 2 is 1.52 bits per heavy atom. The Hall–Kier alpha value is -0.885. The van der Waals surface area contributed by atoms with Crippen LogP contribution in [0.2, 0.25) is 0 Å². The lowest BCUT2D eigenvalue weighted by Crippen LogP contribution is -2.52. The summed E-state index contributed by atoms with van der Waals surface area (Å²) >= 11 is 0. The summed E-state index contributed by atoms with van der Waals surface area (Å²) in [5, 5.41) is 0. The monoisotopic (exact) mass is 393 g/mol. The molecule has 1 unspecified atom stereocenters. The Kier molecular flexibility index (Phi) is 5.79. The van der Waals surface area contributed by atoms with Gasteiger partial charge >= 0.3 is 7.12 Å². The van der Waals surface area contributed by atoms with Crippen LogP contribution >= 0.6 is 0 Å². The lowest BCUT2D eigenvalue weighted by molar-refractivity contribution is 0.00578. The van der Waals surface area contributed by atoms with Crippen molar-refractivity contribution in [3.63, 3.8) is 0 Å². The van der Waals surface area contributed by atoms with Gasteiger partial charge < -0.3 is 9.31 Å². The van der Waals surface area contributed by atoms with E-state index in [1.807, 2.05) is 46.8 Å². The molecule has 1 aliphatic heterocycles. The Bertz CT molecular complexity index is 739. The van der Waals surface area contributed by atoms with Gasteiger partial charge in [-0.3, -0.25) is 0 Å². The van der Waals surface area contributed by atoms with E-state index in [0.29, 0.717) is 0 Å². The summed E-state index contributed by atoms with van der Waals surface area (Å²) in [7, 11) is -4.23. The highest BCUT2D eigenvalue weighted by molar-refractivity contribution is 7.89. The fraction of sp³-hybridized carbons (Fsp3) is 0.700. The molecule has 7 heteroatoms. The SMILES string of the molecule is Cc1ccc(S(=O)(=O)NC(B2OC(C)(C)C(C)(C)O2)C2CCCCC2)cc1. The van der Waals surface area contributed by atoms with Crippen molar-refractivity contribution in [2.45, 2.75) is 88.8 Å². The van der Waals surface area contributed by atoms with Gasteiger partial charge in [0, 0.05) is 0 Å². The molecule has 1 N–H and O–H groups in total. The molecule has 150 valence electrons. The molecule has 2 aliphatic rings. The molecule has 1 atom stereocenters. The fourth-order valence-electron chi connectivity index (χ4n) is 3.87. The number of rotatable bonds is 5. The van der Waals surface area contributed by atoms with Crippen molar-refractivity contribution in [3.8, 4) is 0 Å². The third kappa shape index (κ3) is 4.42. The first kappa shape index (κ1) is 20.8. The highest BCUT2D eigenvalue weighted by Gasteiger charge is 2.55. The van der Waals surface area contributed by atoms with Gasteiger partial charge in [-0.25, -0.2) is 13.1 Å². The van der Waals surface area contributed by atoms with Gasteiger partial charge in [0.2, 0.25) is 10.0 Å². The maximum absolute atomic E-state index is 13.1. The minimum Gasteiger partial charge on any atom is -0.402 e. The number of benzene rings is 1. The number of nitrogens with one attached hydrogen (secondary N) is 1. The van der Waals surface area contributed by atoms with Crippen LogP contribution in [0.15, 0.2) is 29.2 Å². The predicted molar refractivity (Wildman–Crippen MR) is 108 cm³/mol. The summed E-state index contributed by atoms with van der Waals surface area (Å²) in [5.74, 6) is -0.175. The summed E-state index contributed by atoms with van der Waals surface area (Å²) < 4.78 is 41.5. The van der Waals surface area contributed by atoms with Crippen molar-refractivity contribution in [1.82, 2.24) is 4.72 Å². The van der Waals surface area contributed by atoms with Crippen molar-refractivity contribution < 1.29 is 17.7 Å². The maximum Gasteiger partial charge on any atom is 0.477 e. The lowest BCUT2D eigenvalue weighted by Gasteiger charge is -2.32. The third-order valence-electron chi connectivity index (χ3n) is 6.34. The normalized spacial score (nSPS) is 24.1. The molecule has 5 nitrogen and oxygen atoms in total. The molecule has 1 aromatic carbocycles. The Labute approximate surface area is 164 Å². The summed E-state index contributed by atoms with van der Waals surface area (Å²) in [4.78, 5) is 0.283. The molecule has 0 radical (unpaired) electrons. The van der Waals surface area contributed by atoms with E-state index in [1.54, 1.807) is 12.1 Å². The van der Waals surface area contributed by atoms with E-state index >= 15 is 0 Å². The van der Waals surface area contributed by atoms with E-state index in [4.69, 9.17) is 9.31 Å². The standard InChI is InChI=1S/C20H32BNO4S/c1-15-11-13-17(14-12-15)27(23,24)22-18(16-9-7-6-8-10-16)21-25-19(2,3)20(4,5)26-21/h11-14,16,18,22H,6-10H2,1-5H3. The van der Waals surface area contributed by atoms with Crippen LogP contribution in [0.25, 0.3) is 0 Å². The molecule has 1 aliphatic carbocycles. The highest BCUT2D eigenvalue weighted by atomic mass is 32.2. The topological polar surface area (TPSA) is 64.6 Å². The maximum atomic E-state index is 13.1. The van der Waals surface area contributed by atoms with Gasteiger partial charge in [-0.2, -0.15) is 0 Å². The Morgan fingerprint density at radius 3 is 2.04 bits per heavy atom. The van der Waals surface area contributed by atoms with Crippen molar-refractivity contribution >= 4 is 17.1 Å². The van der Waals surface area contributed by atoms with Crippen molar-refractivity contribution in [3.05, 3.63) is 29.8 Å². The first-order chi connectivity index (χ1) is 12.5. The Morgan fingerprint density at radius 1 is 1.00 bits per heavy atom. The molecule has 1 saturated heterocycles. The van der Waals surface area contributed by atoms with Crippen molar-refractivity contribution in [2.75, 3.05) is 0 Å². The van der Waals surface area contributed by atoms with E-state index in [2.05, 4.69) is 4.72 Å². The molecule has 0 aromatic heterocycles. The second-order valence-corrected chi connectivity index (χ2v) is 10.7. The molecule has 0 amide bonds. The third-order valence-corrected chi connectivity index (χ3v) is 7.82. The fourth-order valence-corrected chi connectivity index (χ4v) is 5.16. The van der Waals surface area contributed by atoms with Gasteiger partial charge in [-0.1, -0.05) is 37.0 Å². The molecule has 0 spiro atoms. The minimum atomic E-state index is -3.65. The van der Waals surface area contributed by atoms with Gasteiger partial charge in [0.25, 0.3) is 0 Å². The highest BCUT2D eigenvalue weighted by Crippen LogP contribution is 2.40. The number of hydrogen-bond acceptors (Lipinski definition) is 4. The zero-order valence-electron chi connectivity index (χ0n) is 17.1. The summed E-state index contributed by atoms with van der Waals surface area (Å²) in [6, 6.07) is 6.94. The summed E-state index contributed by atoms with van der Waals surface area (Å²) in [5.41, 5.74) is 0.0588. The number of sulfonamides is 1. The van der Waals surface area contributed by atoms with E-state index < -0.39 is 34.3 Å². The Balaban J connectivity index is 1.88. The molecule has 0 bridgehead atoms. The molecule has 2 fully saturated rings. The lowest BCUT2D eigenvalue weighted by atomic mass is 9.67. The van der Waals surface area contributed by atoms with Gasteiger partial charge in [-0.05, 0) is 65.5 Å². The number of aryl methyl sites for hydroxylation is 1. The average molecular weight is 393 g/mol. The van der Waals surface area contributed by atoms with Crippen LogP contribution in [-0.2, 0) is 19.3 Å². The minimum absolute atomic E-state index is 0.216. The molecule has 3 rings (SSSR count). The first-order valence-corrected chi connectivity index (χ1v) is 11.4. The van der Waals surface area contributed by atoms with Crippen LogP contribution in [0.5, 0.6) is 0 Å². The smallest absolute Gasteiger partial charge is 0.402 e. The van der Waals surface area contributed by atoms with Crippen molar-refractivity contribution in [1.29, 1.82) is 0 Å². The quantitative estimate of drug-likeness (QED) is 0.772. The van der Waals surface area contributed by atoms with Gasteiger partial charge in [0.1, 0.15) is 0 Å². The van der Waals surface area contributed by atoms with Crippen LogP contribution in [0, 0.1) is 12.8 Å². The molecule has 1 aromatic rings. The molecule has 27 heavy (non-hydrogen) atoms. The van der Waals surface area contributed by atoms with Crippen LogP contribution < -0.4 is 4.72 Å². The number of hydrogen-bond donors (Lipinski definition) is 1. The zero-order valence-corrected chi connectivity index (χ0v) is 17.9.